The first-order valence-corrected chi connectivity index (χ1v) is 7.78. The first kappa shape index (κ1) is 13.4. The third-order valence-corrected chi connectivity index (χ3v) is 4.50. The van der Waals surface area contributed by atoms with Gasteiger partial charge in [0.05, 0.1) is 17.8 Å². The SMILES string of the molecule is O=C(O)c1cccc2c1CCCN2Cc1cc(C2CC2)no1. The van der Waals surface area contributed by atoms with Crippen LogP contribution in [0.25, 0.3) is 0 Å². The molecule has 0 saturated heterocycles. The Labute approximate surface area is 128 Å². The van der Waals surface area contributed by atoms with Crippen molar-refractivity contribution >= 4 is 11.7 Å². The highest BCUT2D eigenvalue weighted by molar-refractivity contribution is 5.91. The van der Waals surface area contributed by atoms with Gasteiger partial charge in [0.15, 0.2) is 5.76 Å². The maximum Gasteiger partial charge on any atom is 0.336 e. The van der Waals surface area contributed by atoms with Gasteiger partial charge in [0.1, 0.15) is 0 Å². The van der Waals surface area contributed by atoms with Gasteiger partial charge in [-0.3, -0.25) is 0 Å². The van der Waals surface area contributed by atoms with Crippen LogP contribution in [0.1, 0.15) is 52.6 Å². The van der Waals surface area contributed by atoms with E-state index in [2.05, 4.69) is 10.1 Å². The van der Waals surface area contributed by atoms with Gasteiger partial charge < -0.3 is 14.5 Å². The van der Waals surface area contributed by atoms with Gasteiger partial charge in [-0.05, 0) is 43.4 Å². The minimum atomic E-state index is -0.852. The van der Waals surface area contributed by atoms with E-state index < -0.39 is 5.97 Å². The van der Waals surface area contributed by atoms with E-state index >= 15 is 0 Å². The Morgan fingerprint density at radius 3 is 3.05 bits per heavy atom. The maximum absolute atomic E-state index is 11.4. The van der Waals surface area contributed by atoms with Crippen molar-refractivity contribution in [2.45, 2.75) is 38.1 Å². The molecule has 1 saturated carbocycles. The Morgan fingerprint density at radius 2 is 2.27 bits per heavy atom. The van der Waals surface area contributed by atoms with Crippen molar-refractivity contribution in [3.63, 3.8) is 0 Å². The fourth-order valence-corrected chi connectivity index (χ4v) is 3.23. The van der Waals surface area contributed by atoms with Crippen LogP contribution in [0.5, 0.6) is 0 Å². The highest BCUT2D eigenvalue weighted by Gasteiger charge is 2.28. The topological polar surface area (TPSA) is 66.6 Å². The number of hydrogen-bond donors (Lipinski definition) is 1. The van der Waals surface area contributed by atoms with E-state index in [1.54, 1.807) is 6.07 Å². The molecular weight excluding hydrogens is 280 g/mol. The lowest BCUT2D eigenvalue weighted by atomic mass is 9.96. The lowest BCUT2D eigenvalue weighted by Crippen LogP contribution is -2.29. The number of aromatic nitrogens is 1. The van der Waals surface area contributed by atoms with Crippen LogP contribution in [0.3, 0.4) is 0 Å². The molecule has 5 heteroatoms. The molecule has 1 aliphatic carbocycles. The van der Waals surface area contributed by atoms with Gasteiger partial charge in [0.25, 0.3) is 0 Å². The molecule has 2 heterocycles. The fourth-order valence-electron chi connectivity index (χ4n) is 3.23. The Balaban J connectivity index is 1.61. The highest BCUT2D eigenvalue weighted by Crippen LogP contribution is 2.39. The molecule has 1 aromatic carbocycles. The molecule has 114 valence electrons. The predicted octanol–water partition coefficient (Wildman–Crippen LogP) is 3.20. The first-order chi connectivity index (χ1) is 10.7. The van der Waals surface area contributed by atoms with Gasteiger partial charge >= 0.3 is 5.97 Å². The Kier molecular flexibility index (Phi) is 3.13. The lowest BCUT2D eigenvalue weighted by molar-refractivity contribution is 0.0695. The molecule has 1 N–H and O–H groups in total. The van der Waals surface area contributed by atoms with Gasteiger partial charge in [0, 0.05) is 24.2 Å². The number of benzene rings is 1. The van der Waals surface area contributed by atoms with Crippen molar-refractivity contribution in [2.24, 2.45) is 0 Å². The highest BCUT2D eigenvalue weighted by atomic mass is 16.5. The second-order valence-corrected chi connectivity index (χ2v) is 6.13. The zero-order valence-electron chi connectivity index (χ0n) is 12.3. The quantitative estimate of drug-likeness (QED) is 0.939. The van der Waals surface area contributed by atoms with Crippen LogP contribution in [-0.4, -0.2) is 22.8 Å². The van der Waals surface area contributed by atoms with Gasteiger partial charge in [-0.25, -0.2) is 4.79 Å². The molecule has 1 aromatic heterocycles. The summed E-state index contributed by atoms with van der Waals surface area (Å²) in [5, 5.41) is 13.5. The van der Waals surface area contributed by atoms with Crippen molar-refractivity contribution in [1.82, 2.24) is 5.16 Å². The number of hydrogen-bond acceptors (Lipinski definition) is 4. The summed E-state index contributed by atoms with van der Waals surface area (Å²) in [6, 6.07) is 7.55. The zero-order chi connectivity index (χ0) is 15.1. The molecule has 0 radical (unpaired) electrons. The summed E-state index contributed by atoms with van der Waals surface area (Å²) in [5.41, 5.74) is 3.42. The Hall–Kier alpha value is -2.30. The number of fused-ring (bicyclic) bond motifs is 1. The predicted molar refractivity (Wildman–Crippen MR) is 81.3 cm³/mol. The molecule has 0 atom stereocenters. The van der Waals surface area contributed by atoms with Crippen LogP contribution < -0.4 is 4.90 Å². The summed E-state index contributed by atoms with van der Waals surface area (Å²) in [7, 11) is 0. The molecule has 0 amide bonds. The molecule has 5 nitrogen and oxygen atoms in total. The number of carbonyl (C=O) groups is 1. The largest absolute Gasteiger partial charge is 0.478 e. The van der Waals surface area contributed by atoms with Crippen LogP contribution in [0.4, 0.5) is 5.69 Å². The van der Waals surface area contributed by atoms with E-state index in [1.807, 2.05) is 18.2 Å². The van der Waals surface area contributed by atoms with Gasteiger partial charge in [-0.1, -0.05) is 11.2 Å². The normalized spacial score (nSPS) is 17.4. The number of aromatic carboxylic acids is 1. The molecule has 1 fully saturated rings. The summed E-state index contributed by atoms with van der Waals surface area (Å²) in [6.07, 6.45) is 4.19. The number of carboxylic acids is 1. The molecule has 4 rings (SSSR count). The molecular formula is C17H18N2O3. The van der Waals surface area contributed by atoms with Crippen LogP contribution in [0, 0.1) is 0 Å². The monoisotopic (exact) mass is 298 g/mol. The standard InChI is InChI=1S/C17H18N2O3/c20-17(21)14-3-1-5-16-13(14)4-2-8-19(16)10-12-9-15(18-22-12)11-6-7-11/h1,3,5,9,11H,2,4,6-8,10H2,(H,20,21). The minimum absolute atomic E-state index is 0.415. The van der Waals surface area contributed by atoms with Gasteiger partial charge in [-0.2, -0.15) is 0 Å². The van der Waals surface area contributed by atoms with E-state index in [1.165, 1.54) is 12.8 Å². The summed E-state index contributed by atoms with van der Waals surface area (Å²) in [5.74, 6) is 0.592. The third-order valence-electron chi connectivity index (χ3n) is 4.50. The van der Waals surface area contributed by atoms with E-state index in [0.717, 1.165) is 42.1 Å². The van der Waals surface area contributed by atoms with Gasteiger partial charge in [0.2, 0.25) is 0 Å². The third kappa shape index (κ3) is 2.36. The van der Waals surface area contributed by atoms with Crippen molar-refractivity contribution in [3.05, 3.63) is 46.8 Å². The van der Waals surface area contributed by atoms with Crippen LogP contribution >= 0.6 is 0 Å². The summed E-state index contributed by atoms with van der Waals surface area (Å²) >= 11 is 0. The van der Waals surface area contributed by atoms with Crippen LogP contribution in [0.15, 0.2) is 28.8 Å². The zero-order valence-corrected chi connectivity index (χ0v) is 12.3. The smallest absolute Gasteiger partial charge is 0.336 e. The maximum atomic E-state index is 11.4. The van der Waals surface area contributed by atoms with E-state index in [-0.39, 0.29) is 0 Å². The second-order valence-electron chi connectivity index (χ2n) is 6.13. The van der Waals surface area contributed by atoms with Crippen molar-refractivity contribution in [3.8, 4) is 0 Å². The van der Waals surface area contributed by atoms with Crippen LogP contribution in [0.2, 0.25) is 0 Å². The Bertz CT molecular complexity index is 718. The van der Waals surface area contributed by atoms with E-state index in [9.17, 15) is 9.90 Å². The average molecular weight is 298 g/mol. The van der Waals surface area contributed by atoms with Crippen LogP contribution in [-0.2, 0) is 13.0 Å². The fraction of sp³-hybridized carbons (Fsp3) is 0.412. The molecule has 1 aliphatic heterocycles. The minimum Gasteiger partial charge on any atom is -0.478 e. The summed E-state index contributed by atoms with van der Waals surface area (Å²) in [4.78, 5) is 13.6. The number of anilines is 1. The number of nitrogens with zero attached hydrogens (tertiary/aromatic N) is 2. The molecule has 2 aromatic rings. The van der Waals surface area contributed by atoms with Crippen molar-refractivity contribution < 1.29 is 14.4 Å². The number of carboxylic acid groups (broad SMARTS) is 1. The molecule has 2 aliphatic rings. The molecule has 0 unspecified atom stereocenters. The molecule has 0 bridgehead atoms. The first-order valence-electron chi connectivity index (χ1n) is 7.78. The van der Waals surface area contributed by atoms with Crippen molar-refractivity contribution in [2.75, 3.05) is 11.4 Å². The molecule has 22 heavy (non-hydrogen) atoms. The summed E-state index contributed by atoms with van der Waals surface area (Å²) < 4.78 is 5.45. The average Bonchev–Trinajstić information content (AvgIpc) is 3.27. The second kappa shape index (κ2) is 5.16. The molecule has 0 spiro atoms. The number of rotatable bonds is 4. The van der Waals surface area contributed by atoms with E-state index in [4.69, 9.17) is 4.52 Å². The summed E-state index contributed by atoms with van der Waals surface area (Å²) in [6.45, 7) is 1.56. The lowest BCUT2D eigenvalue weighted by Gasteiger charge is -2.31. The Morgan fingerprint density at radius 1 is 1.41 bits per heavy atom. The van der Waals surface area contributed by atoms with Crippen molar-refractivity contribution in [1.29, 1.82) is 0 Å². The van der Waals surface area contributed by atoms with E-state index in [0.29, 0.717) is 18.0 Å². The van der Waals surface area contributed by atoms with Gasteiger partial charge in [-0.15, -0.1) is 0 Å².